The molecule has 0 aromatic heterocycles. The third-order valence-electron chi connectivity index (χ3n) is 4.04. The average molecular weight is 325 g/mol. The molecule has 2 aromatic carbocycles. The van der Waals surface area contributed by atoms with Crippen molar-refractivity contribution in [3.05, 3.63) is 59.7 Å². The highest BCUT2D eigenvalue weighted by Gasteiger charge is 2.21. The van der Waals surface area contributed by atoms with Crippen LogP contribution in [0.1, 0.15) is 28.8 Å². The van der Waals surface area contributed by atoms with E-state index in [1.54, 1.807) is 36.3 Å². The number of hydrogen-bond donors (Lipinski definition) is 0. The van der Waals surface area contributed by atoms with Gasteiger partial charge in [0.1, 0.15) is 12.4 Å². The van der Waals surface area contributed by atoms with Gasteiger partial charge in [-0.15, -0.1) is 0 Å². The van der Waals surface area contributed by atoms with Crippen LogP contribution in [0, 0.1) is 0 Å². The lowest BCUT2D eigenvalue weighted by Gasteiger charge is -2.15. The van der Waals surface area contributed by atoms with Crippen molar-refractivity contribution in [2.75, 3.05) is 18.6 Å². The number of esters is 1. The fraction of sp³-hybridized carbons (Fsp3) is 0.263. The van der Waals surface area contributed by atoms with Gasteiger partial charge >= 0.3 is 5.97 Å². The van der Waals surface area contributed by atoms with Gasteiger partial charge in [0, 0.05) is 24.2 Å². The number of amides is 1. The van der Waals surface area contributed by atoms with Crippen LogP contribution in [-0.4, -0.2) is 25.5 Å². The molecule has 1 heterocycles. The van der Waals surface area contributed by atoms with E-state index in [2.05, 4.69) is 0 Å². The van der Waals surface area contributed by atoms with Crippen LogP contribution in [0.2, 0.25) is 0 Å². The summed E-state index contributed by atoms with van der Waals surface area (Å²) in [6, 6.07) is 14.3. The molecular formula is C19H19NO4. The first-order chi connectivity index (χ1) is 11.7. The molecule has 1 aliphatic rings. The van der Waals surface area contributed by atoms with Gasteiger partial charge in [0.15, 0.2) is 0 Å². The monoisotopic (exact) mass is 325 g/mol. The van der Waals surface area contributed by atoms with E-state index < -0.39 is 5.97 Å². The molecule has 0 saturated carbocycles. The highest BCUT2D eigenvalue weighted by molar-refractivity contribution is 5.96. The van der Waals surface area contributed by atoms with E-state index in [0.29, 0.717) is 17.7 Å². The first-order valence-corrected chi connectivity index (χ1v) is 7.88. The van der Waals surface area contributed by atoms with Crippen molar-refractivity contribution in [3.63, 3.8) is 0 Å². The number of carbonyl (C=O) groups is 2. The van der Waals surface area contributed by atoms with Crippen LogP contribution >= 0.6 is 0 Å². The summed E-state index contributed by atoms with van der Waals surface area (Å²) in [5, 5.41) is 0. The van der Waals surface area contributed by atoms with Crippen LogP contribution in [0.5, 0.6) is 5.75 Å². The molecule has 124 valence electrons. The van der Waals surface area contributed by atoms with E-state index in [-0.39, 0.29) is 12.5 Å². The Bertz CT molecular complexity index is 739. The second-order valence-corrected chi connectivity index (χ2v) is 5.58. The molecule has 3 rings (SSSR count). The normalized spacial score (nSPS) is 13.9. The first-order valence-electron chi connectivity index (χ1n) is 7.88. The Labute approximate surface area is 140 Å². The number of hydrogen-bond acceptors (Lipinski definition) is 4. The lowest BCUT2D eigenvalue weighted by atomic mass is 10.2. The molecule has 0 aliphatic carbocycles. The van der Waals surface area contributed by atoms with Gasteiger partial charge in [0.05, 0.1) is 12.7 Å². The predicted octanol–water partition coefficient (Wildman–Crippen LogP) is 3.18. The molecule has 0 atom stereocenters. The van der Waals surface area contributed by atoms with Gasteiger partial charge in [-0.05, 0) is 36.8 Å². The zero-order valence-electron chi connectivity index (χ0n) is 13.5. The Kier molecular flexibility index (Phi) is 4.79. The Morgan fingerprint density at radius 3 is 2.54 bits per heavy atom. The molecule has 0 N–H and O–H groups in total. The van der Waals surface area contributed by atoms with Gasteiger partial charge in [-0.3, -0.25) is 4.79 Å². The Morgan fingerprint density at radius 1 is 1.12 bits per heavy atom. The van der Waals surface area contributed by atoms with Crippen LogP contribution in [0.3, 0.4) is 0 Å². The van der Waals surface area contributed by atoms with Crippen LogP contribution in [0.15, 0.2) is 48.5 Å². The molecule has 1 fully saturated rings. The maximum Gasteiger partial charge on any atom is 0.338 e. The second-order valence-electron chi connectivity index (χ2n) is 5.58. The maximum atomic E-state index is 12.2. The molecule has 1 amide bonds. The fourth-order valence-corrected chi connectivity index (χ4v) is 2.75. The number of nitrogens with zero attached hydrogens (tertiary/aromatic N) is 1. The van der Waals surface area contributed by atoms with Gasteiger partial charge in [0.25, 0.3) is 0 Å². The zero-order chi connectivity index (χ0) is 16.9. The van der Waals surface area contributed by atoms with Gasteiger partial charge in [-0.1, -0.05) is 18.2 Å². The van der Waals surface area contributed by atoms with Crippen LogP contribution < -0.4 is 9.64 Å². The summed E-state index contributed by atoms with van der Waals surface area (Å²) in [6.07, 6.45) is 1.46. The molecule has 1 saturated heterocycles. The third kappa shape index (κ3) is 3.40. The van der Waals surface area contributed by atoms with Crippen LogP contribution in [0.25, 0.3) is 0 Å². The van der Waals surface area contributed by atoms with Crippen LogP contribution in [-0.2, 0) is 16.1 Å². The van der Waals surface area contributed by atoms with E-state index in [1.165, 1.54) is 0 Å². The molecule has 0 bridgehead atoms. The smallest absolute Gasteiger partial charge is 0.338 e. The van der Waals surface area contributed by atoms with E-state index >= 15 is 0 Å². The SMILES string of the molecule is COc1ccccc1COC(=O)c1ccc(N2CCCC2=O)cc1. The van der Waals surface area contributed by atoms with Crippen molar-refractivity contribution in [1.82, 2.24) is 0 Å². The first kappa shape index (κ1) is 16.1. The highest BCUT2D eigenvalue weighted by atomic mass is 16.5. The number of rotatable bonds is 5. The summed E-state index contributed by atoms with van der Waals surface area (Å²) < 4.78 is 10.6. The summed E-state index contributed by atoms with van der Waals surface area (Å²) in [4.78, 5) is 25.6. The van der Waals surface area contributed by atoms with E-state index in [1.807, 2.05) is 24.3 Å². The van der Waals surface area contributed by atoms with Crippen LogP contribution in [0.4, 0.5) is 5.69 Å². The zero-order valence-corrected chi connectivity index (χ0v) is 13.5. The Hall–Kier alpha value is -2.82. The highest BCUT2D eigenvalue weighted by Crippen LogP contribution is 2.22. The summed E-state index contributed by atoms with van der Waals surface area (Å²) in [5.41, 5.74) is 2.09. The van der Waals surface area contributed by atoms with Crippen molar-refractivity contribution < 1.29 is 19.1 Å². The van der Waals surface area contributed by atoms with Crippen molar-refractivity contribution in [2.24, 2.45) is 0 Å². The molecule has 0 unspecified atom stereocenters. The number of carbonyl (C=O) groups excluding carboxylic acids is 2. The van der Waals surface area contributed by atoms with Crippen molar-refractivity contribution in [3.8, 4) is 5.75 Å². The van der Waals surface area contributed by atoms with E-state index in [9.17, 15) is 9.59 Å². The summed E-state index contributed by atoms with van der Waals surface area (Å²) in [6.45, 7) is 0.881. The largest absolute Gasteiger partial charge is 0.496 e. The lowest BCUT2D eigenvalue weighted by molar-refractivity contribution is -0.117. The number of methoxy groups -OCH3 is 1. The fourth-order valence-electron chi connectivity index (χ4n) is 2.75. The molecular weight excluding hydrogens is 306 g/mol. The van der Waals surface area contributed by atoms with E-state index in [0.717, 1.165) is 24.2 Å². The molecule has 5 heteroatoms. The molecule has 2 aromatic rings. The van der Waals surface area contributed by atoms with Gasteiger partial charge in [-0.25, -0.2) is 4.79 Å². The summed E-state index contributed by atoms with van der Waals surface area (Å²) in [7, 11) is 1.58. The maximum absolute atomic E-state index is 12.2. The minimum atomic E-state index is -0.403. The number of benzene rings is 2. The summed E-state index contributed by atoms with van der Waals surface area (Å²) in [5.74, 6) is 0.412. The van der Waals surface area contributed by atoms with Crippen molar-refractivity contribution in [2.45, 2.75) is 19.4 Å². The quantitative estimate of drug-likeness (QED) is 0.792. The number of ether oxygens (including phenoxy) is 2. The topological polar surface area (TPSA) is 55.8 Å². The molecule has 1 aliphatic heterocycles. The number of para-hydroxylation sites is 1. The number of anilines is 1. The average Bonchev–Trinajstić information content (AvgIpc) is 3.06. The molecule has 0 radical (unpaired) electrons. The summed E-state index contributed by atoms with van der Waals surface area (Å²) >= 11 is 0. The molecule has 0 spiro atoms. The second kappa shape index (κ2) is 7.17. The Morgan fingerprint density at radius 2 is 1.88 bits per heavy atom. The lowest BCUT2D eigenvalue weighted by Crippen LogP contribution is -2.23. The van der Waals surface area contributed by atoms with Gasteiger partial charge in [0.2, 0.25) is 5.91 Å². The predicted molar refractivity (Wildman–Crippen MR) is 90.1 cm³/mol. The van der Waals surface area contributed by atoms with E-state index in [4.69, 9.17) is 9.47 Å². The van der Waals surface area contributed by atoms with Crippen molar-refractivity contribution in [1.29, 1.82) is 0 Å². The minimum absolute atomic E-state index is 0.126. The van der Waals surface area contributed by atoms with Gasteiger partial charge < -0.3 is 14.4 Å². The Balaban J connectivity index is 1.64. The standard InChI is InChI=1S/C19H19NO4/c1-23-17-6-3-2-5-15(17)13-24-19(22)14-8-10-16(11-9-14)20-12-4-7-18(20)21/h2-3,5-6,8-11H,4,7,12-13H2,1H3. The minimum Gasteiger partial charge on any atom is -0.496 e. The third-order valence-corrected chi connectivity index (χ3v) is 4.04. The van der Waals surface area contributed by atoms with Gasteiger partial charge in [-0.2, -0.15) is 0 Å². The molecule has 5 nitrogen and oxygen atoms in total. The molecule has 24 heavy (non-hydrogen) atoms. The van der Waals surface area contributed by atoms with Crippen molar-refractivity contribution >= 4 is 17.6 Å².